The number of anilines is 2. The van der Waals surface area contributed by atoms with Gasteiger partial charge >= 0.3 is 5.97 Å². The summed E-state index contributed by atoms with van der Waals surface area (Å²) in [6.07, 6.45) is 0. The van der Waals surface area contributed by atoms with Gasteiger partial charge in [0.2, 0.25) is 5.75 Å². The van der Waals surface area contributed by atoms with E-state index in [0.717, 1.165) is 4.90 Å². The monoisotopic (exact) mass is 466 g/mol. The number of ether oxygens (including phenoxy) is 4. The topological polar surface area (TPSA) is 100 Å². The zero-order valence-corrected chi connectivity index (χ0v) is 18.9. The van der Waals surface area contributed by atoms with Gasteiger partial charge in [0, 0.05) is 6.07 Å². The molecule has 3 rings (SSSR count). The van der Waals surface area contributed by atoms with Gasteiger partial charge in [-0.05, 0) is 18.4 Å². The van der Waals surface area contributed by atoms with Crippen LogP contribution in [0.3, 0.4) is 0 Å². The zero-order valence-electron chi connectivity index (χ0n) is 17.3. The first kappa shape index (κ1) is 22.4. The molecule has 164 valence electrons. The van der Waals surface area contributed by atoms with Gasteiger partial charge < -0.3 is 23.5 Å². The average molecular weight is 467 g/mol. The molecule has 0 aliphatic carbocycles. The maximum atomic E-state index is 13.6. The molecule has 0 saturated heterocycles. The minimum atomic E-state index is -0.745. The number of carbonyl (C=O) groups excluding carboxylic acids is 2. The number of carbonyl (C=O) groups is 2. The fourth-order valence-corrected chi connectivity index (χ4v) is 3.73. The van der Waals surface area contributed by atoms with Crippen LogP contribution in [0.4, 0.5) is 11.6 Å². The standard InChI is InChI=1S/C20H19ClN2O7S/c1-10-14(21)19(30-22-10)23(18(24)13-7-6-8-31-13)15-11(20(25)29-5)9-12(26-2)16(27-3)17(15)28-4/h6-9H,1-5H3. The number of benzene rings is 1. The van der Waals surface area contributed by atoms with Crippen LogP contribution in [0.2, 0.25) is 5.02 Å². The van der Waals surface area contributed by atoms with Crippen LogP contribution in [-0.4, -0.2) is 45.5 Å². The first-order valence-electron chi connectivity index (χ1n) is 8.80. The van der Waals surface area contributed by atoms with Gasteiger partial charge in [-0.2, -0.15) is 0 Å². The molecule has 3 aromatic rings. The fraction of sp³-hybridized carbons (Fsp3) is 0.250. The highest BCUT2D eigenvalue weighted by molar-refractivity contribution is 7.12. The smallest absolute Gasteiger partial charge is 0.340 e. The highest BCUT2D eigenvalue weighted by atomic mass is 35.5. The van der Waals surface area contributed by atoms with E-state index in [1.807, 2.05) is 0 Å². The van der Waals surface area contributed by atoms with E-state index in [0.29, 0.717) is 10.6 Å². The van der Waals surface area contributed by atoms with Crippen molar-refractivity contribution in [1.29, 1.82) is 0 Å². The van der Waals surface area contributed by atoms with Crippen LogP contribution < -0.4 is 19.1 Å². The van der Waals surface area contributed by atoms with Crippen molar-refractivity contribution in [2.45, 2.75) is 6.92 Å². The average Bonchev–Trinajstić information content (AvgIpc) is 3.44. The van der Waals surface area contributed by atoms with Crippen molar-refractivity contribution in [3.05, 3.63) is 44.7 Å². The van der Waals surface area contributed by atoms with Gasteiger partial charge in [0.05, 0.1) is 38.9 Å². The van der Waals surface area contributed by atoms with Crippen LogP contribution in [0.15, 0.2) is 28.1 Å². The molecule has 2 aromatic heterocycles. The van der Waals surface area contributed by atoms with E-state index < -0.39 is 11.9 Å². The maximum absolute atomic E-state index is 13.6. The van der Waals surface area contributed by atoms with E-state index in [9.17, 15) is 9.59 Å². The van der Waals surface area contributed by atoms with Crippen LogP contribution in [-0.2, 0) is 4.74 Å². The Labute approximate surface area is 187 Å². The molecule has 1 amide bonds. The van der Waals surface area contributed by atoms with E-state index >= 15 is 0 Å². The summed E-state index contributed by atoms with van der Waals surface area (Å²) in [6, 6.07) is 4.73. The number of hydrogen-bond donors (Lipinski definition) is 0. The van der Waals surface area contributed by atoms with Crippen molar-refractivity contribution in [3.63, 3.8) is 0 Å². The molecule has 0 bridgehead atoms. The molecule has 0 saturated carbocycles. The third kappa shape index (κ3) is 3.91. The Bertz CT molecular complexity index is 1110. The molecule has 0 unspecified atom stereocenters. The highest BCUT2D eigenvalue weighted by Gasteiger charge is 2.36. The molecular weight excluding hydrogens is 448 g/mol. The number of nitrogens with zero attached hydrogens (tertiary/aromatic N) is 2. The molecule has 0 aliphatic rings. The molecule has 11 heteroatoms. The lowest BCUT2D eigenvalue weighted by Crippen LogP contribution is -2.28. The van der Waals surface area contributed by atoms with Gasteiger partial charge in [-0.25, -0.2) is 9.69 Å². The van der Waals surface area contributed by atoms with Crippen LogP contribution in [0.25, 0.3) is 0 Å². The number of aromatic nitrogens is 1. The molecular formula is C20H19ClN2O7S. The van der Waals surface area contributed by atoms with Crippen LogP contribution >= 0.6 is 22.9 Å². The molecule has 1 aromatic carbocycles. The van der Waals surface area contributed by atoms with Crippen molar-refractivity contribution in [3.8, 4) is 17.2 Å². The number of rotatable bonds is 7. The quantitative estimate of drug-likeness (QED) is 0.469. The van der Waals surface area contributed by atoms with Crippen LogP contribution in [0, 0.1) is 6.92 Å². The Kier molecular flexibility index (Phi) is 6.71. The molecule has 2 heterocycles. The first-order chi connectivity index (χ1) is 14.9. The third-order valence-electron chi connectivity index (χ3n) is 4.35. The van der Waals surface area contributed by atoms with Crippen molar-refractivity contribution < 1.29 is 33.1 Å². The van der Waals surface area contributed by atoms with Gasteiger partial charge in [0.25, 0.3) is 11.8 Å². The summed E-state index contributed by atoms with van der Waals surface area (Å²) in [5.41, 5.74) is 0.329. The Morgan fingerprint density at radius 2 is 1.84 bits per heavy atom. The fourth-order valence-electron chi connectivity index (χ4n) is 2.92. The van der Waals surface area contributed by atoms with Gasteiger partial charge in [-0.1, -0.05) is 22.8 Å². The summed E-state index contributed by atoms with van der Waals surface area (Å²) >= 11 is 7.60. The molecule has 9 nitrogen and oxygen atoms in total. The van der Waals surface area contributed by atoms with Crippen LogP contribution in [0.5, 0.6) is 17.2 Å². The SMILES string of the molecule is COC(=O)c1cc(OC)c(OC)c(OC)c1N(C(=O)c1cccs1)c1onc(C)c1Cl. The largest absolute Gasteiger partial charge is 0.493 e. The number of esters is 1. The van der Waals surface area contributed by atoms with Crippen molar-refractivity contribution in [2.75, 3.05) is 33.3 Å². The number of thiophene rings is 1. The first-order valence-corrected chi connectivity index (χ1v) is 10.1. The minimum Gasteiger partial charge on any atom is -0.493 e. The van der Waals surface area contributed by atoms with Crippen molar-refractivity contribution in [1.82, 2.24) is 5.16 Å². The molecule has 0 aliphatic heterocycles. The number of halogens is 1. The lowest BCUT2D eigenvalue weighted by Gasteiger charge is -2.25. The lowest BCUT2D eigenvalue weighted by molar-refractivity contribution is 0.0601. The minimum absolute atomic E-state index is 0.00319. The number of aryl methyl sites for hydroxylation is 1. The second-order valence-corrected chi connectivity index (χ2v) is 7.36. The number of methoxy groups -OCH3 is 4. The predicted molar refractivity (Wildman–Crippen MR) is 114 cm³/mol. The van der Waals surface area contributed by atoms with Crippen LogP contribution in [0.1, 0.15) is 25.7 Å². The van der Waals surface area contributed by atoms with Gasteiger partial charge in [-0.3, -0.25) is 4.79 Å². The molecule has 0 atom stereocenters. The van der Waals surface area contributed by atoms with Gasteiger partial charge in [0.1, 0.15) is 16.4 Å². The van der Waals surface area contributed by atoms with E-state index in [1.54, 1.807) is 24.4 Å². The van der Waals surface area contributed by atoms with E-state index in [4.69, 9.17) is 35.1 Å². The molecule has 31 heavy (non-hydrogen) atoms. The molecule has 0 radical (unpaired) electrons. The van der Waals surface area contributed by atoms with E-state index in [1.165, 1.54) is 45.8 Å². The maximum Gasteiger partial charge on any atom is 0.340 e. The number of amides is 1. The second-order valence-electron chi connectivity index (χ2n) is 6.04. The predicted octanol–water partition coefficient (Wildman–Crippen LogP) is 4.49. The summed E-state index contributed by atoms with van der Waals surface area (Å²) in [4.78, 5) is 27.8. The Balaban J connectivity index is 2.43. The molecule has 0 N–H and O–H groups in total. The van der Waals surface area contributed by atoms with E-state index in [-0.39, 0.29) is 39.4 Å². The van der Waals surface area contributed by atoms with Crippen molar-refractivity contribution >= 4 is 46.4 Å². The van der Waals surface area contributed by atoms with Gasteiger partial charge in [0.15, 0.2) is 11.5 Å². The Hall–Kier alpha value is -3.24. The van der Waals surface area contributed by atoms with Gasteiger partial charge in [-0.15, -0.1) is 11.3 Å². The Morgan fingerprint density at radius 1 is 1.13 bits per heavy atom. The normalized spacial score (nSPS) is 10.5. The highest BCUT2D eigenvalue weighted by Crippen LogP contribution is 2.50. The second kappa shape index (κ2) is 9.27. The third-order valence-corrected chi connectivity index (χ3v) is 5.64. The van der Waals surface area contributed by atoms with Crippen molar-refractivity contribution in [2.24, 2.45) is 0 Å². The number of hydrogen-bond acceptors (Lipinski definition) is 9. The zero-order chi connectivity index (χ0) is 22.7. The molecule has 0 fully saturated rings. The van der Waals surface area contributed by atoms with E-state index in [2.05, 4.69) is 5.16 Å². The summed E-state index contributed by atoms with van der Waals surface area (Å²) in [5, 5.41) is 5.68. The summed E-state index contributed by atoms with van der Waals surface area (Å²) in [6.45, 7) is 1.62. The Morgan fingerprint density at radius 3 is 2.32 bits per heavy atom. The summed E-state index contributed by atoms with van der Waals surface area (Å²) in [7, 11) is 5.39. The summed E-state index contributed by atoms with van der Waals surface area (Å²) in [5.74, 6) is -0.962. The lowest BCUT2D eigenvalue weighted by atomic mass is 10.1. The molecule has 0 spiro atoms. The summed E-state index contributed by atoms with van der Waals surface area (Å²) < 4.78 is 26.6.